The van der Waals surface area contributed by atoms with E-state index in [0.29, 0.717) is 18.8 Å². The monoisotopic (exact) mass is 278 g/mol. The van der Waals surface area contributed by atoms with E-state index in [1.807, 2.05) is 32.9 Å². The molecular formula is C15H22N2O3. The third kappa shape index (κ3) is 3.04. The van der Waals surface area contributed by atoms with Gasteiger partial charge in [-0.2, -0.15) is 0 Å². The van der Waals surface area contributed by atoms with Gasteiger partial charge in [0.15, 0.2) is 0 Å². The average molecular weight is 278 g/mol. The molecular weight excluding hydrogens is 256 g/mol. The molecule has 0 bridgehead atoms. The number of rotatable bonds is 1. The Morgan fingerprint density at radius 2 is 1.95 bits per heavy atom. The van der Waals surface area contributed by atoms with Gasteiger partial charge >= 0.3 is 6.09 Å². The molecule has 1 fully saturated rings. The summed E-state index contributed by atoms with van der Waals surface area (Å²) in [4.78, 5) is 13.0. The van der Waals surface area contributed by atoms with Crippen molar-refractivity contribution in [2.24, 2.45) is 5.41 Å². The molecule has 5 heteroatoms. The number of amides is 1. The molecule has 1 heterocycles. The highest BCUT2D eigenvalue weighted by Gasteiger charge is 2.39. The van der Waals surface area contributed by atoms with Crippen molar-refractivity contribution >= 4 is 11.8 Å². The maximum Gasteiger partial charge on any atom is 0.407 e. The highest BCUT2D eigenvalue weighted by molar-refractivity contribution is 5.66. The smallest absolute Gasteiger partial charge is 0.407 e. The van der Waals surface area contributed by atoms with E-state index >= 15 is 0 Å². The van der Waals surface area contributed by atoms with Crippen molar-refractivity contribution in [2.45, 2.75) is 32.9 Å². The molecule has 2 rings (SSSR count). The van der Waals surface area contributed by atoms with Crippen molar-refractivity contribution in [1.29, 1.82) is 0 Å². The number of nitrogens with two attached hydrogens (primary N) is 1. The Hall–Kier alpha value is -1.75. The van der Waals surface area contributed by atoms with Crippen LogP contribution in [-0.2, 0) is 4.74 Å². The van der Waals surface area contributed by atoms with Gasteiger partial charge in [0.2, 0.25) is 0 Å². The summed E-state index contributed by atoms with van der Waals surface area (Å²) in [6.45, 7) is 6.84. The minimum atomic E-state index is -0.895. The molecule has 3 N–H and O–H groups in total. The Morgan fingerprint density at radius 3 is 2.45 bits per heavy atom. The quantitative estimate of drug-likeness (QED) is 0.774. The fraction of sp³-hybridized carbons (Fsp3) is 0.533. The summed E-state index contributed by atoms with van der Waals surface area (Å²) >= 11 is 0. The van der Waals surface area contributed by atoms with Crippen LogP contribution in [0.25, 0.3) is 0 Å². The Labute approximate surface area is 119 Å². The lowest BCUT2D eigenvalue weighted by Crippen LogP contribution is -2.54. The zero-order valence-corrected chi connectivity index (χ0v) is 12.2. The second-order valence-corrected chi connectivity index (χ2v) is 6.31. The van der Waals surface area contributed by atoms with Crippen LogP contribution in [0, 0.1) is 5.41 Å². The molecule has 20 heavy (non-hydrogen) atoms. The van der Waals surface area contributed by atoms with Gasteiger partial charge in [0.25, 0.3) is 0 Å². The van der Waals surface area contributed by atoms with Crippen LogP contribution in [0.5, 0.6) is 0 Å². The first kappa shape index (κ1) is 14.7. The number of carbonyl (C=O) groups is 1. The van der Waals surface area contributed by atoms with E-state index < -0.39 is 6.09 Å². The number of ether oxygens (including phenoxy) is 1. The van der Waals surface area contributed by atoms with Crippen LogP contribution < -0.4 is 5.73 Å². The van der Waals surface area contributed by atoms with Gasteiger partial charge in [-0.05, 0) is 23.1 Å². The average Bonchev–Trinajstić information content (AvgIpc) is 2.37. The highest BCUT2D eigenvalue weighted by Crippen LogP contribution is 2.33. The van der Waals surface area contributed by atoms with E-state index in [9.17, 15) is 9.90 Å². The molecule has 1 amide bonds. The Balaban J connectivity index is 2.18. The molecule has 0 aromatic heterocycles. The molecule has 1 aliphatic heterocycles. The van der Waals surface area contributed by atoms with Crippen LogP contribution in [0.3, 0.4) is 0 Å². The van der Waals surface area contributed by atoms with Crippen molar-refractivity contribution in [1.82, 2.24) is 4.90 Å². The molecule has 0 aliphatic carbocycles. The zero-order valence-electron chi connectivity index (χ0n) is 12.2. The first-order valence-corrected chi connectivity index (χ1v) is 6.75. The van der Waals surface area contributed by atoms with E-state index in [1.165, 1.54) is 4.90 Å². The summed E-state index contributed by atoms with van der Waals surface area (Å²) < 4.78 is 5.88. The van der Waals surface area contributed by atoms with E-state index in [2.05, 4.69) is 0 Å². The Morgan fingerprint density at radius 1 is 1.35 bits per heavy atom. The molecule has 1 aliphatic rings. The molecule has 1 saturated heterocycles. The Kier molecular flexibility index (Phi) is 3.90. The van der Waals surface area contributed by atoms with E-state index in [4.69, 9.17) is 10.5 Å². The number of anilines is 1. The van der Waals surface area contributed by atoms with Gasteiger partial charge in [-0.15, -0.1) is 0 Å². The fourth-order valence-corrected chi connectivity index (χ4v) is 2.50. The summed E-state index contributed by atoms with van der Waals surface area (Å²) in [5, 5.41) is 9.43. The molecule has 0 radical (unpaired) electrons. The van der Waals surface area contributed by atoms with E-state index in [-0.39, 0.29) is 17.6 Å². The predicted octanol–water partition coefficient (Wildman–Crippen LogP) is 2.73. The first-order valence-electron chi connectivity index (χ1n) is 6.75. The number of carboxylic acid groups (broad SMARTS) is 1. The summed E-state index contributed by atoms with van der Waals surface area (Å²) in [5.74, 6) is 0. The zero-order chi connectivity index (χ0) is 14.9. The summed E-state index contributed by atoms with van der Waals surface area (Å²) in [6.07, 6.45) is -1.13. The summed E-state index contributed by atoms with van der Waals surface area (Å²) in [5.41, 5.74) is 7.16. The third-order valence-electron chi connectivity index (χ3n) is 3.75. The van der Waals surface area contributed by atoms with Gasteiger partial charge in [0.05, 0.1) is 19.2 Å². The van der Waals surface area contributed by atoms with Crippen molar-refractivity contribution < 1.29 is 14.6 Å². The van der Waals surface area contributed by atoms with E-state index in [0.717, 1.165) is 5.56 Å². The van der Waals surface area contributed by atoms with Gasteiger partial charge in [0.1, 0.15) is 6.10 Å². The predicted molar refractivity (Wildman–Crippen MR) is 77.5 cm³/mol. The largest absolute Gasteiger partial charge is 0.465 e. The second-order valence-electron chi connectivity index (χ2n) is 6.31. The number of hydrogen-bond donors (Lipinski definition) is 2. The van der Waals surface area contributed by atoms with Gasteiger partial charge in [0, 0.05) is 5.69 Å². The van der Waals surface area contributed by atoms with Crippen LogP contribution in [0.2, 0.25) is 0 Å². The lowest BCUT2D eigenvalue weighted by atomic mass is 9.85. The fourth-order valence-electron chi connectivity index (χ4n) is 2.50. The molecule has 0 saturated carbocycles. The molecule has 5 nitrogen and oxygen atoms in total. The minimum Gasteiger partial charge on any atom is -0.465 e. The van der Waals surface area contributed by atoms with Crippen molar-refractivity contribution in [2.75, 3.05) is 18.9 Å². The number of nitrogens with zero attached hydrogens (tertiary/aromatic N) is 1. The molecule has 0 spiro atoms. The number of morpholine rings is 1. The van der Waals surface area contributed by atoms with Crippen LogP contribution in [-0.4, -0.2) is 35.3 Å². The summed E-state index contributed by atoms with van der Waals surface area (Å²) in [7, 11) is 0. The normalized spacial score (nSPS) is 23.6. The van der Waals surface area contributed by atoms with Gasteiger partial charge < -0.3 is 15.6 Å². The van der Waals surface area contributed by atoms with Crippen LogP contribution in [0.15, 0.2) is 24.3 Å². The van der Waals surface area contributed by atoms with Crippen molar-refractivity contribution in [3.8, 4) is 0 Å². The maximum atomic E-state index is 11.5. The second kappa shape index (κ2) is 5.32. The SMILES string of the molecule is CC(C)(C)C1COC(c2ccc(N)cc2)CN1C(=O)O. The van der Waals surface area contributed by atoms with Gasteiger partial charge in [-0.3, -0.25) is 4.90 Å². The van der Waals surface area contributed by atoms with Crippen LogP contribution in [0.1, 0.15) is 32.4 Å². The molecule has 1 aromatic carbocycles. The molecule has 110 valence electrons. The Bertz CT molecular complexity index is 479. The van der Waals surface area contributed by atoms with Crippen LogP contribution in [0.4, 0.5) is 10.5 Å². The number of nitrogen functional groups attached to an aromatic ring is 1. The van der Waals surface area contributed by atoms with E-state index in [1.54, 1.807) is 12.1 Å². The molecule has 2 unspecified atom stereocenters. The van der Waals surface area contributed by atoms with Crippen molar-refractivity contribution in [3.63, 3.8) is 0 Å². The third-order valence-corrected chi connectivity index (χ3v) is 3.75. The molecule has 2 atom stereocenters. The maximum absolute atomic E-state index is 11.5. The first-order chi connectivity index (χ1) is 9.29. The number of benzene rings is 1. The topological polar surface area (TPSA) is 75.8 Å². The van der Waals surface area contributed by atoms with Crippen LogP contribution >= 0.6 is 0 Å². The lowest BCUT2D eigenvalue weighted by Gasteiger charge is -2.44. The molecule has 1 aromatic rings. The van der Waals surface area contributed by atoms with Gasteiger partial charge in [-0.25, -0.2) is 4.79 Å². The number of hydrogen-bond acceptors (Lipinski definition) is 3. The van der Waals surface area contributed by atoms with Gasteiger partial charge in [-0.1, -0.05) is 32.9 Å². The standard InChI is InChI=1S/C15H22N2O3/c1-15(2,3)13-9-20-12(8-17(13)14(18)19)10-4-6-11(16)7-5-10/h4-7,12-13H,8-9,16H2,1-3H3,(H,18,19). The van der Waals surface area contributed by atoms with Crippen molar-refractivity contribution in [3.05, 3.63) is 29.8 Å². The minimum absolute atomic E-state index is 0.134. The highest BCUT2D eigenvalue weighted by atomic mass is 16.5. The lowest BCUT2D eigenvalue weighted by molar-refractivity contribution is -0.0836. The summed E-state index contributed by atoms with van der Waals surface area (Å²) in [6, 6.07) is 7.25.